The fraction of sp³-hybridized carbons (Fsp3) is 0.250. The molecule has 2 aromatic rings. The highest BCUT2D eigenvalue weighted by molar-refractivity contribution is 9.10. The topological polar surface area (TPSA) is 84.5 Å². The van der Waals surface area contributed by atoms with Crippen LogP contribution in [0.1, 0.15) is 35.9 Å². The maximum atomic E-state index is 13.0. The number of carbonyl (C=O) groups excluding carboxylic acids is 3. The molecule has 2 unspecified atom stereocenters. The van der Waals surface area contributed by atoms with E-state index >= 15 is 0 Å². The van der Waals surface area contributed by atoms with Gasteiger partial charge in [0, 0.05) is 16.6 Å². The Morgan fingerprint density at radius 2 is 2.04 bits per heavy atom. The molecule has 6 nitrogen and oxygen atoms in total. The summed E-state index contributed by atoms with van der Waals surface area (Å²) in [6.45, 7) is 0. The normalized spacial score (nSPS) is 16.7. The molecule has 0 saturated heterocycles. The number of carbonyl (C=O) groups is 3. The van der Waals surface area contributed by atoms with Gasteiger partial charge in [0.05, 0.1) is 25.5 Å². The summed E-state index contributed by atoms with van der Waals surface area (Å²) in [6.07, 6.45) is 0.0610. The predicted molar refractivity (Wildman–Crippen MR) is 104 cm³/mol. The summed E-state index contributed by atoms with van der Waals surface area (Å²) in [5.41, 5.74) is 2.18. The minimum absolute atomic E-state index is 0.000738. The second-order valence-electron chi connectivity index (χ2n) is 6.29. The van der Waals surface area contributed by atoms with Crippen LogP contribution in [0.4, 0.5) is 5.69 Å². The molecule has 2 amide bonds. The van der Waals surface area contributed by atoms with Gasteiger partial charge in [0.1, 0.15) is 0 Å². The summed E-state index contributed by atoms with van der Waals surface area (Å²) in [4.78, 5) is 36.8. The average molecular weight is 431 g/mol. The van der Waals surface area contributed by atoms with E-state index in [-0.39, 0.29) is 24.7 Å². The first-order valence-electron chi connectivity index (χ1n) is 8.49. The lowest BCUT2D eigenvalue weighted by Crippen LogP contribution is -2.37. The summed E-state index contributed by atoms with van der Waals surface area (Å²) < 4.78 is 5.61. The number of ether oxygens (including phenoxy) is 1. The molecule has 0 aromatic heterocycles. The van der Waals surface area contributed by atoms with Gasteiger partial charge in [-0.05, 0) is 29.3 Å². The Kier molecular flexibility index (Phi) is 5.91. The zero-order chi connectivity index (χ0) is 19.4. The van der Waals surface area contributed by atoms with E-state index in [1.165, 1.54) is 7.11 Å². The summed E-state index contributed by atoms with van der Waals surface area (Å²) in [7, 11) is 1.31. The lowest BCUT2D eigenvalue weighted by Gasteiger charge is -2.27. The number of amides is 2. The van der Waals surface area contributed by atoms with E-state index in [9.17, 15) is 14.4 Å². The Balaban J connectivity index is 1.86. The third-order valence-corrected chi connectivity index (χ3v) is 4.98. The van der Waals surface area contributed by atoms with Gasteiger partial charge in [-0.1, -0.05) is 46.3 Å². The van der Waals surface area contributed by atoms with Crippen molar-refractivity contribution in [1.29, 1.82) is 0 Å². The molecule has 1 aliphatic heterocycles. The fourth-order valence-corrected chi connectivity index (χ4v) is 3.56. The largest absolute Gasteiger partial charge is 0.469 e. The number of benzene rings is 2. The molecule has 0 saturated carbocycles. The molecule has 3 rings (SSSR count). The Morgan fingerprint density at radius 3 is 2.78 bits per heavy atom. The highest BCUT2D eigenvalue weighted by Crippen LogP contribution is 2.33. The first-order chi connectivity index (χ1) is 13.0. The summed E-state index contributed by atoms with van der Waals surface area (Å²) in [5.74, 6) is -1.55. The van der Waals surface area contributed by atoms with Gasteiger partial charge >= 0.3 is 5.97 Å². The summed E-state index contributed by atoms with van der Waals surface area (Å²) in [5, 5.41) is 5.70. The predicted octanol–water partition coefficient (Wildman–Crippen LogP) is 3.30. The van der Waals surface area contributed by atoms with Crippen molar-refractivity contribution in [3.63, 3.8) is 0 Å². The Hall–Kier alpha value is -2.67. The standard InChI is InChI=1S/C20H19BrN2O4/c1-27-19(25)11-17(12-5-4-6-13(21)9-12)23-20(26)15-10-18(24)22-16-8-3-2-7-14(15)16/h2-9,15,17H,10-11H2,1H3,(H,22,24)(H,23,26). The smallest absolute Gasteiger partial charge is 0.307 e. The number of anilines is 1. The molecule has 27 heavy (non-hydrogen) atoms. The number of hydrogen-bond acceptors (Lipinski definition) is 4. The average Bonchev–Trinajstić information content (AvgIpc) is 2.66. The molecule has 0 radical (unpaired) electrons. The van der Waals surface area contributed by atoms with Crippen molar-refractivity contribution >= 4 is 39.4 Å². The van der Waals surface area contributed by atoms with Crippen molar-refractivity contribution in [3.05, 3.63) is 64.1 Å². The van der Waals surface area contributed by atoms with Crippen molar-refractivity contribution in [1.82, 2.24) is 5.32 Å². The first-order valence-corrected chi connectivity index (χ1v) is 9.28. The van der Waals surface area contributed by atoms with Crippen molar-refractivity contribution in [2.45, 2.75) is 24.8 Å². The second kappa shape index (κ2) is 8.35. The van der Waals surface area contributed by atoms with Crippen LogP contribution in [-0.4, -0.2) is 24.9 Å². The number of hydrogen-bond donors (Lipinski definition) is 2. The number of fused-ring (bicyclic) bond motifs is 1. The van der Waals surface area contributed by atoms with Crippen LogP contribution in [0.25, 0.3) is 0 Å². The number of nitrogens with one attached hydrogen (secondary N) is 2. The van der Waals surface area contributed by atoms with Crippen molar-refractivity contribution < 1.29 is 19.1 Å². The fourth-order valence-electron chi connectivity index (χ4n) is 3.14. The van der Waals surface area contributed by atoms with Crippen molar-refractivity contribution in [2.75, 3.05) is 12.4 Å². The molecule has 0 fully saturated rings. The van der Waals surface area contributed by atoms with Crippen LogP contribution >= 0.6 is 15.9 Å². The molecule has 140 valence electrons. The quantitative estimate of drug-likeness (QED) is 0.712. The van der Waals surface area contributed by atoms with E-state index in [1.54, 1.807) is 12.1 Å². The van der Waals surface area contributed by atoms with E-state index < -0.39 is 17.9 Å². The van der Waals surface area contributed by atoms with Crippen molar-refractivity contribution in [3.8, 4) is 0 Å². The number of methoxy groups -OCH3 is 1. The number of halogens is 1. The number of rotatable bonds is 5. The van der Waals surface area contributed by atoms with Crippen LogP contribution in [0.5, 0.6) is 0 Å². The molecular formula is C20H19BrN2O4. The minimum Gasteiger partial charge on any atom is -0.469 e. The Bertz CT molecular complexity index is 884. The van der Waals surface area contributed by atoms with Crippen LogP contribution in [-0.2, 0) is 19.1 Å². The zero-order valence-corrected chi connectivity index (χ0v) is 16.3. The van der Waals surface area contributed by atoms with Gasteiger partial charge in [0.25, 0.3) is 0 Å². The molecule has 1 heterocycles. The third kappa shape index (κ3) is 4.54. The summed E-state index contributed by atoms with van der Waals surface area (Å²) >= 11 is 3.40. The molecule has 1 aliphatic rings. The van der Waals surface area contributed by atoms with Crippen LogP contribution in [0, 0.1) is 0 Å². The van der Waals surface area contributed by atoms with Crippen LogP contribution < -0.4 is 10.6 Å². The lowest BCUT2D eigenvalue weighted by molar-refractivity contribution is -0.141. The molecular weight excluding hydrogens is 412 g/mol. The van der Waals surface area contributed by atoms with Crippen LogP contribution in [0.3, 0.4) is 0 Å². The minimum atomic E-state index is -0.609. The van der Waals surface area contributed by atoms with Gasteiger partial charge in [-0.2, -0.15) is 0 Å². The molecule has 0 aliphatic carbocycles. The van der Waals surface area contributed by atoms with E-state index in [1.807, 2.05) is 36.4 Å². The van der Waals surface area contributed by atoms with Crippen molar-refractivity contribution in [2.24, 2.45) is 0 Å². The molecule has 0 bridgehead atoms. The van der Waals surface area contributed by atoms with Gasteiger partial charge in [-0.25, -0.2) is 0 Å². The Labute approximate surface area is 165 Å². The SMILES string of the molecule is COC(=O)CC(NC(=O)C1CC(=O)Nc2ccccc21)c1cccc(Br)c1. The van der Waals surface area contributed by atoms with E-state index in [2.05, 4.69) is 26.6 Å². The molecule has 7 heteroatoms. The van der Waals surface area contributed by atoms with E-state index in [0.29, 0.717) is 5.69 Å². The van der Waals surface area contributed by atoms with E-state index in [0.717, 1.165) is 15.6 Å². The van der Waals surface area contributed by atoms with E-state index in [4.69, 9.17) is 4.74 Å². The van der Waals surface area contributed by atoms with Gasteiger partial charge < -0.3 is 15.4 Å². The number of esters is 1. The summed E-state index contributed by atoms with van der Waals surface area (Å²) in [6, 6.07) is 14.1. The van der Waals surface area contributed by atoms with Gasteiger partial charge in [-0.3, -0.25) is 14.4 Å². The first kappa shape index (κ1) is 19.1. The number of para-hydroxylation sites is 1. The molecule has 2 atom stereocenters. The molecule has 0 spiro atoms. The lowest BCUT2D eigenvalue weighted by atomic mass is 9.89. The highest BCUT2D eigenvalue weighted by atomic mass is 79.9. The van der Waals surface area contributed by atoms with Gasteiger partial charge in [0.15, 0.2) is 0 Å². The van der Waals surface area contributed by atoms with Crippen LogP contribution in [0.2, 0.25) is 0 Å². The molecule has 2 aromatic carbocycles. The monoisotopic (exact) mass is 430 g/mol. The second-order valence-corrected chi connectivity index (χ2v) is 7.20. The molecule has 2 N–H and O–H groups in total. The highest BCUT2D eigenvalue weighted by Gasteiger charge is 2.32. The Morgan fingerprint density at radius 1 is 1.26 bits per heavy atom. The zero-order valence-electron chi connectivity index (χ0n) is 14.7. The third-order valence-electron chi connectivity index (χ3n) is 4.48. The maximum Gasteiger partial charge on any atom is 0.307 e. The van der Waals surface area contributed by atoms with Crippen LogP contribution in [0.15, 0.2) is 53.0 Å². The van der Waals surface area contributed by atoms with Gasteiger partial charge in [0.2, 0.25) is 11.8 Å². The van der Waals surface area contributed by atoms with Gasteiger partial charge in [-0.15, -0.1) is 0 Å². The maximum absolute atomic E-state index is 13.0.